The van der Waals surface area contributed by atoms with E-state index in [1.165, 1.54) is 0 Å². The van der Waals surface area contributed by atoms with Crippen LogP contribution in [0.3, 0.4) is 0 Å². The molecule has 5 rings (SSSR count). The Morgan fingerprint density at radius 1 is 1.16 bits per heavy atom. The number of para-hydroxylation sites is 2. The molecule has 7 heteroatoms. The average Bonchev–Trinajstić information content (AvgIpc) is 3.17. The van der Waals surface area contributed by atoms with Gasteiger partial charge in [0.2, 0.25) is 0 Å². The molecule has 0 amide bonds. The highest BCUT2D eigenvalue weighted by atomic mass is 16.1. The molecule has 1 aromatic carbocycles. The van der Waals surface area contributed by atoms with E-state index in [2.05, 4.69) is 15.3 Å². The molecule has 0 saturated heterocycles. The van der Waals surface area contributed by atoms with Crippen LogP contribution in [0.2, 0.25) is 0 Å². The van der Waals surface area contributed by atoms with Gasteiger partial charge in [-0.2, -0.15) is 4.68 Å². The summed E-state index contributed by atoms with van der Waals surface area (Å²) >= 11 is 0. The molecule has 1 aliphatic carbocycles. The maximum atomic E-state index is 13.2. The molecule has 1 aliphatic rings. The molecule has 7 nitrogen and oxygen atoms in total. The molecule has 0 bridgehead atoms. The Morgan fingerprint density at radius 2 is 1.92 bits per heavy atom. The lowest BCUT2D eigenvalue weighted by Gasteiger charge is -2.15. The van der Waals surface area contributed by atoms with Gasteiger partial charge in [0.1, 0.15) is 6.33 Å². The van der Waals surface area contributed by atoms with Crippen LogP contribution in [-0.2, 0) is 0 Å². The van der Waals surface area contributed by atoms with Crippen molar-refractivity contribution in [2.45, 2.75) is 38.6 Å². The van der Waals surface area contributed by atoms with Crippen LogP contribution in [0.5, 0.6) is 0 Å². The van der Waals surface area contributed by atoms with Crippen molar-refractivity contribution in [3.63, 3.8) is 0 Å². The summed E-state index contributed by atoms with van der Waals surface area (Å²) in [7, 11) is 0. The summed E-state index contributed by atoms with van der Waals surface area (Å²) in [5, 5.41) is 8.45. The first kappa shape index (κ1) is 14.4. The lowest BCUT2D eigenvalue weighted by atomic mass is 10.2. The molecule has 25 heavy (non-hydrogen) atoms. The number of hydrogen-bond donors (Lipinski definition) is 0. The maximum absolute atomic E-state index is 13.2. The third-order valence-corrected chi connectivity index (χ3v) is 4.81. The van der Waals surface area contributed by atoms with Crippen molar-refractivity contribution in [3.05, 3.63) is 52.8 Å². The van der Waals surface area contributed by atoms with Gasteiger partial charge in [0, 0.05) is 12.0 Å². The minimum atomic E-state index is -0.0651. The molecule has 3 heterocycles. The zero-order valence-electron chi connectivity index (χ0n) is 14.1. The van der Waals surface area contributed by atoms with Gasteiger partial charge in [-0.25, -0.2) is 4.98 Å². The lowest BCUT2D eigenvalue weighted by molar-refractivity contribution is 0.600. The molecule has 0 aliphatic heterocycles. The molecular formula is C18H18N6O. The highest BCUT2D eigenvalue weighted by molar-refractivity contribution is 5.81. The summed E-state index contributed by atoms with van der Waals surface area (Å²) in [6.45, 7) is 4.03. The Bertz CT molecular complexity index is 1160. The first-order valence-corrected chi connectivity index (χ1v) is 8.58. The van der Waals surface area contributed by atoms with Crippen molar-refractivity contribution in [2.75, 3.05) is 0 Å². The predicted molar refractivity (Wildman–Crippen MR) is 94.2 cm³/mol. The van der Waals surface area contributed by atoms with E-state index in [1.54, 1.807) is 11.0 Å². The largest absolute Gasteiger partial charge is 0.302 e. The number of fused-ring (bicyclic) bond motifs is 3. The van der Waals surface area contributed by atoms with Gasteiger partial charge in [-0.15, -0.1) is 5.10 Å². The average molecular weight is 334 g/mol. The molecule has 3 aromatic heterocycles. The molecule has 4 aromatic rings. The van der Waals surface area contributed by atoms with Crippen LogP contribution in [0.25, 0.3) is 22.4 Å². The van der Waals surface area contributed by atoms with E-state index < -0.39 is 0 Å². The summed E-state index contributed by atoms with van der Waals surface area (Å²) in [5.41, 5.74) is 3.29. The standard InChI is InChI=1S/C18H18N6O/c1-11(2)24-15-6-4-3-5-14(15)22-10-19-17(16(22)18(24)25)23-9-13(20-21-23)12-7-8-12/h3-6,9-12H,7-8H2,1-2H3. The number of rotatable bonds is 3. The van der Waals surface area contributed by atoms with Gasteiger partial charge in [-0.1, -0.05) is 17.3 Å². The first-order chi connectivity index (χ1) is 12.1. The van der Waals surface area contributed by atoms with Gasteiger partial charge in [-0.05, 0) is 38.8 Å². The van der Waals surface area contributed by atoms with E-state index in [1.807, 2.05) is 53.3 Å². The number of imidazole rings is 1. The molecule has 1 saturated carbocycles. The van der Waals surface area contributed by atoms with Crippen LogP contribution in [0, 0.1) is 0 Å². The number of hydrogen-bond acceptors (Lipinski definition) is 4. The quantitative estimate of drug-likeness (QED) is 0.577. The molecular weight excluding hydrogens is 316 g/mol. The van der Waals surface area contributed by atoms with Crippen molar-refractivity contribution in [1.29, 1.82) is 0 Å². The number of aromatic nitrogens is 6. The fourth-order valence-corrected chi connectivity index (χ4v) is 3.44. The van der Waals surface area contributed by atoms with Gasteiger partial charge in [-0.3, -0.25) is 9.20 Å². The van der Waals surface area contributed by atoms with E-state index >= 15 is 0 Å². The Hall–Kier alpha value is -2.96. The number of nitrogens with zero attached hydrogens (tertiary/aromatic N) is 6. The second-order valence-corrected chi connectivity index (χ2v) is 6.91. The SMILES string of the molecule is CC(C)n1c(=O)c2c(-n3cc(C4CC4)nn3)ncn2c2ccccc21. The molecule has 0 N–H and O–H groups in total. The van der Waals surface area contributed by atoms with Crippen LogP contribution >= 0.6 is 0 Å². The zero-order valence-corrected chi connectivity index (χ0v) is 14.1. The molecule has 126 valence electrons. The summed E-state index contributed by atoms with van der Waals surface area (Å²) in [6.07, 6.45) is 5.91. The van der Waals surface area contributed by atoms with Crippen LogP contribution in [0.4, 0.5) is 0 Å². The van der Waals surface area contributed by atoms with E-state index in [-0.39, 0.29) is 11.6 Å². The second-order valence-electron chi connectivity index (χ2n) is 6.91. The summed E-state index contributed by atoms with van der Waals surface area (Å²) in [4.78, 5) is 17.7. The summed E-state index contributed by atoms with van der Waals surface area (Å²) in [5.74, 6) is 1.04. The Labute approximate surface area is 143 Å². The van der Waals surface area contributed by atoms with E-state index in [0.717, 1.165) is 29.6 Å². The van der Waals surface area contributed by atoms with Crippen LogP contribution in [0.15, 0.2) is 41.6 Å². The molecule has 0 atom stereocenters. The topological polar surface area (TPSA) is 70.0 Å². The molecule has 0 unspecified atom stereocenters. The van der Waals surface area contributed by atoms with Gasteiger partial charge < -0.3 is 4.57 Å². The van der Waals surface area contributed by atoms with Gasteiger partial charge in [0.15, 0.2) is 11.3 Å². The molecule has 0 radical (unpaired) electrons. The summed E-state index contributed by atoms with van der Waals surface area (Å²) in [6, 6.07) is 7.93. The van der Waals surface area contributed by atoms with Gasteiger partial charge in [0.05, 0.1) is 22.9 Å². The smallest absolute Gasteiger partial charge is 0.279 e. The molecule has 1 fully saturated rings. The Balaban J connectivity index is 1.85. The third-order valence-electron chi connectivity index (χ3n) is 4.81. The predicted octanol–water partition coefficient (Wildman–Crippen LogP) is 2.69. The fourth-order valence-electron chi connectivity index (χ4n) is 3.44. The normalized spacial score (nSPS) is 14.8. The number of benzene rings is 1. The Kier molecular flexibility index (Phi) is 2.89. The third kappa shape index (κ3) is 2.05. The summed E-state index contributed by atoms with van der Waals surface area (Å²) < 4.78 is 5.29. The van der Waals surface area contributed by atoms with Gasteiger partial charge in [0.25, 0.3) is 5.56 Å². The van der Waals surface area contributed by atoms with Crippen LogP contribution in [-0.4, -0.2) is 28.9 Å². The van der Waals surface area contributed by atoms with Crippen molar-refractivity contribution in [1.82, 2.24) is 28.9 Å². The van der Waals surface area contributed by atoms with Crippen molar-refractivity contribution < 1.29 is 0 Å². The lowest BCUT2D eigenvalue weighted by Crippen LogP contribution is -2.25. The second kappa shape index (κ2) is 5.02. The van der Waals surface area contributed by atoms with Crippen molar-refractivity contribution in [3.8, 4) is 5.82 Å². The van der Waals surface area contributed by atoms with Crippen molar-refractivity contribution in [2.24, 2.45) is 0 Å². The minimum Gasteiger partial charge on any atom is -0.302 e. The van der Waals surface area contributed by atoms with Gasteiger partial charge >= 0.3 is 0 Å². The van der Waals surface area contributed by atoms with Crippen molar-refractivity contribution >= 4 is 16.6 Å². The first-order valence-electron chi connectivity index (χ1n) is 8.58. The van der Waals surface area contributed by atoms with Crippen LogP contribution < -0.4 is 5.56 Å². The minimum absolute atomic E-state index is 0.0444. The van der Waals surface area contributed by atoms with Crippen LogP contribution in [0.1, 0.15) is 44.3 Å². The highest BCUT2D eigenvalue weighted by Gasteiger charge is 2.27. The van der Waals surface area contributed by atoms with E-state index in [9.17, 15) is 4.79 Å². The van der Waals surface area contributed by atoms with E-state index in [0.29, 0.717) is 17.3 Å². The maximum Gasteiger partial charge on any atom is 0.279 e. The zero-order chi connectivity index (χ0) is 17.1. The fraction of sp³-hybridized carbons (Fsp3) is 0.333. The monoisotopic (exact) mass is 334 g/mol. The molecule has 0 spiro atoms. The Morgan fingerprint density at radius 3 is 2.64 bits per heavy atom. The van der Waals surface area contributed by atoms with E-state index in [4.69, 9.17) is 0 Å². The highest BCUT2D eigenvalue weighted by Crippen LogP contribution is 2.38.